The quantitative estimate of drug-likeness (QED) is 0.889. The van der Waals surface area contributed by atoms with E-state index in [-0.39, 0.29) is 5.91 Å². The molecule has 0 bridgehead atoms. The normalized spacial score (nSPS) is 17.4. The molecule has 1 aliphatic rings. The zero-order chi connectivity index (χ0) is 12.5. The van der Waals surface area contributed by atoms with Gasteiger partial charge in [0, 0.05) is 6.54 Å². The Morgan fingerprint density at radius 3 is 2.35 bits per heavy atom. The lowest BCUT2D eigenvalue weighted by atomic mass is 9.68. The van der Waals surface area contributed by atoms with Crippen molar-refractivity contribution in [1.29, 1.82) is 0 Å². The van der Waals surface area contributed by atoms with E-state index in [1.165, 1.54) is 0 Å². The Bertz CT molecular complexity index is 418. The lowest BCUT2D eigenvalue weighted by molar-refractivity contribution is -0.129. The maximum Gasteiger partial charge on any atom is 0.231 e. The molecular weight excluding hydrogens is 259 g/mol. The van der Waals surface area contributed by atoms with Crippen molar-refractivity contribution in [3.63, 3.8) is 0 Å². The third kappa shape index (κ3) is 2.28. The highest BCUT2D eigenvalue weighted by Gasteiger charge is 2.43. The summed E-state index contributed by atoms with van der Waals surface area (Å²) in [5, 5.41) is 3.67. The maximum absolute atomic E-state index is 12.1. The van der Waals surface area contributed by atoms with E-state index >= 15 is 0 Å². The van der Waals surface area contributed by atoms with Crippen molar-refractivity contribution in [1.82, 2.24) is 0 Å². The molecule has 1 saturated carbocycles. The number of nitrogens with two attached hydrogens (primary N) is 1. The standard InChI is InChI=1S/C12H14Cl2N2O/c13-8-3-1-4-9(14)10(8)16-11(17)12(7-15)5-2-6-12/h1,3-4H,2,5-7,15H2,(H,16,17). The molecule has 1 aromatic rings. The van der Waals surface area contributed by atoms with E-state index in [0.29, 0.717) is 22.3 Å². The van der Waals surface area contributed by atoms with Crippen LogP contribution in [-0.4, -0.2) is 12.5 Å². The zero-order valence-electron chi connectivity index (χ0n) is 9.30. The summed E-state index contributed by atoms with van der Waals surface area (Å²) in [6.45, 7) is 0.362. The molecule has 0 atom stereocenters. The van der Waals surface area contributed by atoms with Crippen LogP contribution in [0, 0.1) is 5.41 Å². The molecule has 3 N–H and O–H groups in total. The van der Waals surface area contributed by atoms with Crippen molar-refractivity contribution < 1.29 is 4.79 Å². The molecule has 2 rings (SSSR count). The van der Waals surface area contributed by atoms with E-state index < -0.39 is 5.41 Å². The van der Waals surface area contributed by atoms with Crippen LogP contribution in [0.2, 0.25) is 10.0 Å². The van der Waals surface area contributed by atoms with Crippen LogP contribution in [0.25, 0.3) is 0 Å². The number of rotatable bonds is 3. The predicted molar refractivity (Wildman–Crippen MR) is 70.4 cm³/mol. The number of nitrogens with one attached hydrogen (secondary N) is 1. The van der Waals surface area contributed by atoms with Crippen LogP contribution in [0.3, 0.4) is 0 Å². The van der Waals surface area contributed by atoms with Gasteiger partial charge in [-0.05, 0) is 25.0 Å². The second-order valence-corrected chi connectivity index (χ2v) is 5.20. The first-order valence-corrected chi connectivity index (χ1v) is 6.30. The summed E-state index contributed by atoms with van der Waals surface area (Å²) in [7, 11) is 0. The molecule has 0 radical (unpaired) electrons. The molecule has 0 aliphatic heterocycles. The molecular formula is C12H14Cl2N2O. The first-order chi connectivity index (χ1) is 8.09. The summed E-state index contributed by atoms with van der Waals surface area (Å²) < 4.78 is 0. The lowest BCUT2D eigenvalue weighted by Gasteiger charge is -2.39. The van der Waals surface area contributed by atoms with Crippen LogP contribution in [0.15, 0.2) is 18.2 Å². The predicted octanol–water partition coefficient (Wildman–Crippen LogP) is 3.06. The Kier molecular flexibility index (Phi) is 3.61. The molecule has 0 unspecified atom stereocenters. The second-order valence-electron chi connectivity index (χ2n) is 4.39. The van der Waals surface area contributed by atoms with Gasteiger partial charge in [0.05, 0.1) is 21.1 Å². The van der Waals surface area contributed by atoms with Crippen LogP contribution in [-0.2, 0) is 4.79 Å². The SMILES string of the molecule is NCC1(C(=O)Nc2c(Cl)cccc2Cl)CCC1. The Hall–Kier alpha value is -0.770. The van der Waals surface area contributed by atoms with Gasteiger partial charge in [0.2, 0.25) is 5.91 Å². The smallest absolute Gasteiger partial charge is 0.231 e. The monoisotopic (exact) mass is 272 g/mol. The number of amides is 1. The van der Waals surface area contributed by atoms with Gasteiger partial charge in [-0.2, -0.15) is 0 Å². The number of hydrogen-bond acceptors (Lipinski definition) is 2. The number of anilines is 1. The van der Waals surface area contributed by atoms with Crippen molar-refractivity contribution in [3.8, 4) is 0 Å². The molecule has 0 spiro atoms. The minimum Gasteiger partial charge on any atom is -0.329 e. The van der Waals surface area contributed by atoms with Gasteiger partial charge in [-0.15, -0.1) is 0 Å². The summed E-state index contributed by atoms with van der Waals surface area (Å²) >= 11 is 12.0. The van der Waals surface area contributed by atoms with Gasteiger partial charge >= 0.3 is 0 Å². The Morgan fingerprint density at radius 2 is 1.94 bits per heavy atom. The minimum atomic E-state index is -0.428. The van der Waals surface area contributed by atoms with E-state index in [1.807, 2.05) is 0 Å². The Morgan fingerprint density at radius 1 is 1.35 bits per heavy atom. The van der Waals surface area contributed by atoms with E-state index in [0.717, 1.165) is 19.3 Å². The highest BCUT2D eigenvalue weighted by Crippen LogP contribution is 2.42. The molecule has 1 amide bonds. The minimum absolute atomic E-state index is 0.0822. The van der Waals surface area contributed by atoms with E-state index in [4.69, 9.17) is 28.9 Å². The van der Waals surface area contributed by atoms with Crippen molar-refractivity contribution in [2.75, 3.05) is 11.9 Å². The number of carbonyl (C=O) groups is 1. The van der Waals surface area contributed by atoms with Crippen LogP contribution < -0.4 is 11.1 Å². The highest BCUT2D eigenvalue weighted by molar-refractivity contribution is 6.39. The Balaban J connectivity index is 2.18. The summed E-state index contributed by atoms with van der Waals surface area (Å²) in [5.41, 5.74) is 5.72. The molecule has 0 aromatic heterocycles. The number of halogens is 2. The van der Waals surface area contributed by atoms with Crippen molar-refractivity contribution in [2.24, 2.45) is 11.1 Å². The maximum atomic E-state index is 12.1. The first-order valence-electron chi connectivity index (χ1n) is 5.55. The van der Waals surface area contributed by atoms with Crippen molar-refractivity contribution in [3.05, 3.63) is 28.2 Å². The third-order valence-electron chi connectivity index (χ3n) is 3.38. The summed E-state index contributed by atoms with van der Waals surface area (Å²) in [4.78, 5) is 12.1. The molecule has 92 valence electrons. The highest BCUT2D eigenvalue weighted by atomic mass is 35.5. The third-order valence-corrected chi connectivity index (χ3v) is 4.01. The van der Waals surface area contributed by atoms with Gasteiger partial charge in [0.25, 0.3) is 0 Å². The van der Waals surface area contributed by atoms with Crippen LogP contribution in [0.4, 0.5) is 5.69 Å². The summed E-state index contributed by atoms with van der Waals surface area (Å²) in [6.07, 6.45) is 2.70. The molecule has 1 aromatic carbocycles. The van der Waals surface area contributed by atoms with Gasteiger partial charge in [0.15, 0.2) is 0 Å². The van der Waals surface area contributed by atoms with Crippen LogP contribution in [0.5, 0.6) is 0 Å². The van der Waals surface area contributed by atoms with Gasteiger partial charge in [0.1, 0.15) is 0 Å². The topological polar surface area (TPSA) is 55.1 Å². The number of benzene rings is 1. The van der Waals surface area contributed by atoms with E-state index in [1.54, 1.807) is 18.2 Å². The molecule has 1 aliphatic carbocycles. The largest absolute Gasteiger partial charge is 0.329 e. The first kappa shape index (κ1) is 12.7. The van der Waals surface area contributed by atoms with Crippen molar-refractivity contribution >= 4 is 34.8 Å². The van der Waals surface area contributed by atoms with E-state index in [2.05, 4.69) is 5.32 Å². The number of para-hydroxylation sites is 1. The zero-order valence-corrected chi connectivity index (χ0v) is 10.8. The molecule has 3 nitrogen and oxygen atoms in total. The summed E-state index contributed by atoms with van der Waals surface area (Å²) in [5.74, 6) is -0.0822. The molecule has 0 saturated heterocycles. The Labute approximate surface area is 110 Å². The molecule has 17 heavy (non-hydrogen) atoms. The molecule has 1 fully saturated rings. The average Bonchev–Trinajstić information content (AvgIpc) is 2.23. The van der Waals surface area contributed by atoms with Gasteiger partial charge < -0.3 is 11.1 Å². The average molecular weight is 273 g/mol. The van der Waals surface area contributed by atoms with Crippen LogP contribution in [0.1, 0.15) is 19.3 Å². The summed E-state index contributed by atoms with van der Waals surface area (Å²) in [6, 6.07) is 5.13. The van der Waals surface area contributed by atoms with Crippen LogP contribution >= 0.6 is 23.2 Å². The fourth-order valence-corrected chi connectivity index (χ4v) is 2.48. The number of hydrogen-bond donors (Lipinski definition) is 2. The lowest BCUT2D eigenvalue weighted by Crippen LogP contribution is -2.47. The second kappa shape index (κ2) is 4.84. The van der Waals surface area contributed by atoms with Gasteiger partial charge in [-0.1, -0.05) is 35.7 Å². The molecule has 5 heteroatoms. The van der Waals surface area contributed by atoms with E-state index in [9.17, 15) is 4.79 Å². The van der Waals surface area contributed by atoms with Gasteiger partial charge in [-0.3, -0.25) is 4.79 Å². The number of carbonyl (C=O) groups excluding carboxylic acids is 1. The fourth-order valence-electron chi connectivity index (χ4n) is 1.99. The van der Waals surface area contributed by atoms with Crippen molar-refractivity contribution in [2.45, 2.75) is 19.3 Å². The van der Waals surface area contributed by atoms with Gasteiger partial charge in [-0.25, -0.2) is 0 Å². The molecule has 0 heterocycles. The fraction of sp³-hybridized carbons (Fsp3) is 0.417.